The molecule has 1 saturated heterocycles. The summed E-state index contributed by atoms with van der Waals surface area (Å²) in [5.41, 5.74) is 1.81. The van der Waals surface area contributed by atoms with Crippen molar-refractivity contribution in [2.45, 2.75) is 39.2 Å². The van der Waals surface area contributed by atoms with Gasteiger partial charge < -0.3 is 14.7 Å². The number of nitrogens with zero attached hydrogens (tertiary/aromatic N) is 5. The highest BCUT2D eigenvalue weighted by molar-refractivity contribution is 5.76. The zero-order chi connectivity index (χ0) is 20.8. The fourth-order valence-corrected chi connectivity index (χ4v) is 3.43. The molecule has 1 aliphatic rings. The molecule has 1 amide bonds. The van der Waals surface area contributed by atoms with Crippen molar-refractivity contribution in [1.82, 2.24) is 25.4 Å². The van der Waals surface area contributed by atoms with Crippen LogP contribution < -0.4 is 10.2 Å². The first-order valence-corrected chi connectivity index (χ1v) is 10.4. The van der Waals surface area contributed by atoms with E-state index < -0.39 is 0 Å². The van der Waals surface area contributed by atoms with Crippen LogP contribution in [0.15, 0.2) is 47.4 Å². The molecule has 4 rings (SSSR count). The number of hydrogen-bond acceptors (Lipinski definition) is 7. The minimum Gasteiger partial charge on any atom is -0.357 e. The van der Waals surface area contributed by atoms with Crippen molar-refractivity contribution < 1.29 is 9.32 Å². The predicted octanol–water partition coefficient (Wildman–Crippen LogP) is 3.01. The van der Waals surface area contributed by atoms with Crippen molar-refractivity contribution in [1.29, 1.82) is 0 Å². The van der Waals surface area contributed by atoms with Crippen LogP contribution in [0.1, 0.15) is 37.6 Å². The summed E-state index contributed by atoms with van der Waals surface area (Å²) in [4.78, 5) is 27.4. The standard InChI is InChI=1S/C22H26N6O2/c1-16-8-12-28(13-9-16)19-3-2-17(14-24-19)15-25-20(29)4-5-21-26-22(27-30-21)18-6-10-23-11-7-18/h2-3,6-7,10-11,14,16H,4-5,8-9,12-13,15H2,1H3,(H,25,29). The third-order valence-corrected chi connectivity index (χ3v) is 5.38. The van der Waals surface area contributed by atoms with E-state index in [2.05, 4.69) is 37.2 Å². The maximum atomic E-state index is 12.2. The van der Waals surface area contributed by atoms with E-state index in [-0.39, 0.29) is 12.3 Å². The van der Waals surface area contributed by atoms with Crippen LogP contribution in [0.4, 0.5) is 5.82 Å². The van der Waals surface area contributed by atoms with Gasteiger partial charge in [0, 0.05) is 56.6 Å². The number of aryl methyl sites for hydroxylation is 1. The summed E-state index contributed by atoms with van der Waals surface area (Å²) >= 11 is 0. The molecule has 30 heavy (non-hydrogen) atoms. The lowest BCUT2D eigenvalue weighted by Crippen LogP contribution is -2.33. The van der Waals surface area contributed by atoms with Gasteiger partial charge in [-0.3, -0.25) is 9.78 Å². The summed E-state index contributed by atoms with van der Waals surface area (Å²) in [6, 6.07) is 7.69. The Balaban J connectivity index is 1.22. The largest absolute Gasteiger partial charge is 0.357 e. The Kier molecular flexibility index (Phi) is 6.32. The molecule has 0 aliphatic carbocycles. The van der Waals surface area contributed by atoms with Gasteiger partial charge in [0.05, 0.1) is 0 Å². The van der Waals surface area contributed by atoms with Gasteiger partial charge in [0.1, 0.15) is 5.82 Å². The van der Waals surface area contributed by atoms with E-state index in [0.29, 0.717) is 24.7 Å². The molecule has 156 valence electrons. The first-order valence-electron chi connectivity index (χ1n) is 10.4. The maximum Gasteiger partial charge on any atom is 0.227 e. The number of rotatable bonds is 7. The van der Waals surface area contributed by atoms with Crippen LogP contribution in [-0.2, 0) is 17.8 Å². The van der Waals surface area contributed by atoms with Gasteiger partial charge in [0.2, 0.25) is 17.6 Å². The topological polar surface area (TPSA) is 97.0 Å². The van der Waals surface area contributed by atoms with Crippen LogP contribution in [0.2, 0.25) is 0 Å². The number of hydrogen-bond donors (Lipinski definition) is 1. The SMILES string of the molecule is CC1CCN(c2ccc(CNC(=O)CCc3nc(-c4ccncc4)no3)cn2)CC1. The number of anilines is 1. The molecular weight excluding hydrogens is 380 g/mol. The van der Waals surface area contributed by atoms with E-state index >= 15 is 0 Å². The Labute approximate surface area is 175 Å². The third kappa shape index (κ3) is 5.20. The summed E-state index contributed by atoms with van der Waals surface area (Å²) in [6.07, 6.45) is 8.30. The second-order valence-electron chi connectivity index (χ2n) is 7.72. The van der Waals surface area contributed by atoms with E-state index in [1.54, 1.807) is 12.4 Å². The second kappa shape index (κ2) is 9.47. The Hall–Kier alpha value is -3.29. The normalized spacial score (nSPS) is 14.6. The highest BCUT2D eigenvalue weighted by Crippen LogP contribution is 2.21. The molecule has 0 spiro atoms. The van der Waals surface area contributed by atoms with Gasteiger partial charge in [-0.25, -0.2) is 4.98 Å². The van der Waals surface area contributed by atoms with E-state index in [4.69, 9.17) is 4.52 Å². The summed E-state index contributed by atoms with van der Waals surface area (Å²) in [5, 5.41) is 6.87. The number of amides is 1. The molecule has 0 saturated carbocycles. The van der Waals surface area contributed by atoms with E-state index in [9.17, 15) is 4.79 Å². The van der Waals surface area contributed by atoms with Gasteiger partial charge in [-0.2, -0.15) is 4.98 Å². The molecule has 8 heteroatoms. The van der Waals surface area contributed by atoms with Crippen LogP contribution in [0.3, 0.4) is 0 Å². The van der Waals surface area contributed by atoms with Crippen molar-refractivity contribution >= 4 is 11.7 Å². The lowest BCUT2D eigenvalue weighted by molar-refractivity contribution is -0.121. The average molecular weight is 406 g/mol. The van der Waals surface area contributed by atoms with Crippen LogP contribution in [0.5, 0.6) is 0 Å². The minimum absolute atomic E-state index is 0.0623. The number of piperidine rings is 1. The van der Waals surface area contributed by atoms with Crippen molar-refractivity contribution in [3.05, 3.63) is 54.3 Å². The van der Waals surface area contributed by atoms with Gasteiger partial charge in [0.15, 0.2) is 0 Å². The molecule has 4 heterocycles. The quantitative estimate of drug-likeness (QED) is 0.644. The monoisotopic (exact) mass is 406 g/mol. The number of carbonyl (C=O) groups excluding carboxylic acids is 1. The maximum absolute atomic E-state index is 12.2. The van der Waals surface area contributed by atoms with E-state index in [1.165, 1.54) is 12.8 Å². The van der Waals surface area contributed by atoms with Crippen LogP contribution >= 0.6 is 0 Å². The van der Waals surface area contributed by atoms with Gasteiger partial charge in [0.25, 0.3) is 0 Å². The first kappa shape index (κ1) is 20.0. The molecule has 0 atom stereocenters. The van der Waals surface area contributed by atoms with Crippen molar-refractivity contribution in [2.24, 2.45) is 5.92 Å². The smallest absolute Gasteiger partial charge is 0.227 e. The average Bonchev–Trinajstić information content (AvgIpc) is 3.27. The third-order valence-electron chi connectivity index (χ3n) is 5.38. The number of carbonyl (C=O) groups is 1. The summed E-state index contributed by atoms with van der Waals surface area (Å²) in [6.45, 7) is 4.87. The van der Waals surface area contributed by atoms with Crippen molar-refractivity contribution in [2.75, 3.05) is 18.0 Å². The molecule has 0 unspecified atom stereocenters. The van der Waals surface area contributed by atoms with Gasteiger partial charge in [-0.15, -0.1) is 0 Å². The molecule has 3 aromatic rings. The fourth-order valence-electron chi connectivity index (χ4n) is 3.43. The highest BCUT2D eigenvalue weighted by atomic mass is 16.5. The lowest BCUT2D eigenvalue weighted by atomic mass is 9.99. The molecule has 1 aliphatic heterocycles. The summed E-state index contributed by atoms with van der Waals surface area (Å²) < 4.78 is 5.23. The lowest BCUT2D eigenvalue weighted by Gasteiger charge is -2.31. The van der Waals surface area contributed by atoms with Crippen LogP contribution in [-0.4, -0.2) is 39.1 Å². The summed E-state index contributed by atoms with van der Waals surface area (Å²) in [5.74, 6) is 2.69. The second-order valence-corrected chi connectivity index (χ2v) is 7.72. The molecule has 3 aromatic heterocycles. The molecular formula is C22H26N6O2. The number of nitrogens with one attached hydrogen (secondary N) is 1. The van der Waals surface area contributed by atoms with Gasteiger partial charge >= 0.3 is 0 Å². The predicted molar refractivity (Wildman–Crippen MR) is 113 cm³/mol. The fraction of sp³-hybridized carbons (Fsp3) is 0.409. The van der Waals surface area contributed by atoms with E-state index in [1.807, 2.05) is 30.5 Å². The molecule has 0 aromatic carbocycles. The summed E-state index contributed by atoms with van der Waals surface area (Å²) in [7, 11) is 0. The molecule has 0 bridgehead atoms. The molecule has 0 radical (unpaired) electrons. The molecule has 1 fully saturated rings. The van der Waals surface area contributed by atoms with Crippen LogP contribution in [0, 0.1) is 5.92 Å². The van der Waals surface area contributed by atoms with Gasteiger partial charge in [-0.1, -0.05) is 18.1 Å². The van der Waals surface area contributed by atoms with Crippen molar-refractivity contribution in [3.63, 3.8) is 0 Å². The number of pyridine rings is 2. The van der Waals surface area contributed by atoms with Crippen LogP contribution in [0.25, 0.3) is 11.4 Å². The Morgan fingerprint density at radius 2 is 2.00 bits per heavy atom. The Bertz CT molecular complexity index is 949. The zero-order valence-electron chi connectivity index (χ0n) is 17.1. The van der Waals surface area contributed by atoms with Crippen molar-refractivity contribution in [3.8, 4) is 11.4 Å². The van der Waals surface area contributed by atoms with E-state index in [0.717, 1.165) is 36.0 Å². The minimum atomic E-state index is -0.0623. The zero-order valence-corrected chi connectivity index (χ0v) is 17.1. The number of aromatic nitrogens is 4. The Morgan fingerprint density at radius 1 is 1.20 bits per heavy atom. The molecule has 1 N–H and O–H groups in total. The first-order chi connectivity index (χ1) is 14.7. The highest BCUT2D eigenvalue weighted by Gasteiger charge is 2.16. The Morgan fingerprint density at radius 3 is 2.73 bits per heavy atom. The molecule has 8 nitrogen and oxygen atoms in total. The van der Waals surface area contributed by atoms with Gasteiger partial charge in [-0.05, 0) is 42.5 Å².